The normalized spacial score (nSPS) is 19.9. The number of anilines is 1. The molecule has 4 rings (SSSR count). The predicted octanol–water partition coefficient (Wildman–Crippen LogP) is 3.13. The molecule has 0 bridgehead atoms. The van der Waals surface area contributed by atoms with Gasteiger partial charge in [0.05, 0.1) is 11.8 Å². The molecule has 5 nitrogen and oxygen atoms in total. The van der Waals surface area contributed by atoms with Gasteiger partial charge in [-0.2, -0.15) is 0 Å². The molecule has 2 aliphatic heterocycles. The van der Waals surface area contributed by atoms with Gasteiger partial charge in [0.1, 0.15) is 0 Å². The lowest BCUT2D eigenvalue weighted by Crippen LogP contribution is -2.18. The van der Waals surface area contributed by atoms with Crippen molar-refractivity contribution < 1.29 is 14.2 Å². The Bertz CT molecular complexity index is 638. The molecule has 1 aromatic carbocycles. The van der Waals surface area contributed by atoms with E-state index in [0.717, 1.165) is 53.9 Å². The standard InChI is InChI=1S/C15H16N2O3S/c1-2-11(18-5-1)7-16-15-17-12(8-21-15)10-3-4-13-14(6-10)20-9-19-13/h3-4,6,8,11H,1-2,5,7,9H2,(H,16,17)/t11-/m1/s1. The van der Waals surface area contributed by atoms with Gasteiger partial charge in [0, 0.05) is 24.1 Å². The number of ether oxygens (including phenoxy) is 3. The maximum absolute atomic E-state index is 5.60. The van der Waals surface area contributed by atoms with Crippen LogP contribution in [0.1, 0.15) is 12.8 Å². The zero-order valence-corrected chi connectivity index (χ0v) is 12.3. The van der Waals surface area contributed by atoms with Crippen molar-refractivity contribution in [3.63, 3.8) is 0 Å². The fourth-order valence-electron chi connectivity index (χ4n) is 2.55. The first-order valence-electron chi connectivity index (χ1n) is 7.09. The van der Waals surface area contributed by atoms with Gasteiger partial charge >= 0.3 is 0 Å². The molecule has 1 saturated heterocycles. The van der Waals surface area contributed by atoms with Gasteiger partial charge in [0.15, 0.2) is 16.6 Å². The first-order valence-corrected chi connectivity index (χ1v) is 7.97. The third-order valence-corrected chi connectivity index (χ3v) is 4.48. The minimum atomic E-state index is 0.296. The number of nitrogens with zero attached hydrogens (tertiary/aromatic N) is 1. The summed E-state index contributed by atoms with van der Waals surface area (Å²) in [6, 6.07) is 5.91. The molecule has 0 amide bonds. The lowest BCUT2D eigenvalue weighted by molar-refractivity contribution is 0.120. The third kappa shape index (κ3) is 2.69. The van der Waals surface area contributed by atoms with Crippen molar-refractivity contribution in [1.29, 1.82) is 0 Å². The van der Waals surface area contributed by atoms with E-state index in [1.807, 2.05) is 18.2 Å². The number of hydrogen-bond donors (Lipinski definition) is 1. The summed E-state index contributed by atoms with van der Waals surface area (Å²) in [6.07, 6.45) is 2.61. The summed E-state index contributed by atoms with van der Waals surface area (Å²) in [6.45, 7) is 2.00. The molecule has 0 unspecified atom stereocenters. The molecule has 0 aliphatic carbocycles. The fraction of sp³-hybridized carbons (Fsp3) is 0.400. The van der Waals surface area contributed by atoms with Crippen LogP contribution in [0, 0.1) is 0 Å². The second-order valence-corrected chi connectivity index (χ2v) is 5.98. The average molecular weight is 304 g/mol. The maximum atomic E-state index is 5.60. The summed E-state index contributed by atoms with van der Waals surface area (Å²) >= 11 is 1.61. The van der Waals surface area contributed by atoms with Gasteiger partial charge in [0.2, 0.25) is 6.79 Å². The van der Waals surface area contributed by atoms with E-state index in [9.17, 15) is 0 Å². The van der Waals surface area contributed by atoms with Crippen LogP contribution in [0.3, 0.4) is 0 Å². The number of fused-ring (bicyclic) bond motifs is 1. The molecular formula is C15H16N2O3S. The lowest BCUT2D eigenvalue weighted by atomic mass is 10.1. The summed E-state index contributed by atoms with van der Waals surface area (Å²) in [4.78, 5) is 4.62. The van der Waals surface area contributed by atoms with Crippen LogP contribution in [0.2, 0.25) is 0 Å². The van der Waals surface area contributed by atoms with Crippen LogP contribution in [-0.4, -0.2) is 31.0 Å². The predicted molar refractivity (Wildman–Crippen MR) is 81.1 cm³/mol. The SMILES string of the molecule is c1cc2c(cc1-c1csc(NC[C@H]3CCCO3)n1)OCO2. The van der Waals surface area contributed by atoms with E-state index in [1.54, 1.807) is 11.3 Å². The van der Waals surface area contributed by atoms with Gasteiger partial charge in [-0.3, -0.25) is 0 Å². The van der Waals surface area contributed by atoms with Crippen molar-refractivity contribution in [1.82, 2.24) is 4.98 Å². The summed E-state index contributed by atoms with van der Waals surface area (Å²) in [5.74, 6) is 1.58. The smallest absolute Gasteiger partial charge is 0.231 e. The Hall–Kier alpha value is -1.79. The number of nitrogens with one attached hydrogen (secondary N) is 1. The molecular weight excluding hydrogens is 288 g/mol. The zero-order chi connectivity index (χ0) is 14.1. The molecule has 1 atom stereocenters. The molecule has 2 aromatic rings. The Morgan fingerprint density at radius 3 is 3.14 bits per heavy atom. The summed E-state index contributed by atoms with van der Waals surface area (Å²) < 4.78 is 16.3. The Morgan fingerprint density at radius 2 is 2.24 bits per heavy atom. The summed E-state index contributed by atoms with van der Waals surface area (Å²) in [7, 11) is 0. The molecule has 1 fully saturated rings. The molecule has 1 N–H and O–H groups in total. The van der Waals surface area contributed by atoms with Crippen molar-refractivity contribution in [3.05, 3.63) is 23.6 Å². The monoisotopic (exact) mass is 304 g/mol. The highest BCUT2D eigenvalue weighted by atomic mass is 32.1. The molecule has 1 aromatic heterocycles. The van der Waals surface area contributed by atoms with Crippen molar-refractivity contribution in [2.45, 2.75) is 18.9 Å². The minimum absolute atomic E-state index is 0.296. The van der Waals surface area contributed by atoms with E-state index in [1.165, 1.54) is 0 Å². The summed E-state index contributed by atoms with van der Waals surface area (Å²) in [5, 5.41) is 6.34. The molecule has 110 valence electrons. The van der Waals surface area contributed by atoms with Gasteiger partial charge in [-0.1, -0.05) is 0 Å². The van der Waals surface area contributed by atoms with Gasteiger partial charge in [-0.25, -0.2) is 4.98 Å². The van der Waals surface area contributed by atoms with Crippen LogP contribution in [0.4, 0.5) is 5.13 Å². The number of hydrogen-bond acceptors (Lipinski definition) is 6. The second-order valence-electron chi connectivity index (χ2n) is 5.12. The van der Waals surface area contributed by atoms with Crippen molar-refractivity contribution in [3.8, 4) is 22.8 Å². The van der Waals surface area contributed by atoms with E-state index in [4.69, 9.17) is 14.2 Å². The number of thiazole rings is 1. The molecule has 21 heavy (non-hydrogen) atoms. The fourth-order valence-corrected chi connectivity index (χ4v) is 3.28. The Labute approximate surface area is 126 Å². The quantitative estimate of drug-likeness (QED) is 0.940. The van der Waals surface area contributed by atoms with Gasteiger partial charge in [0.25, 0.3) is 0 Å². The highest BCUT2D eigenvalue weighted by molar-refractivity contribution is 7.14. The Morgan fingerprint density at radius 1 is 1.29 bits per heavy atom. The highest BCUT2D eigenvalue weighted by Gasteiger charge is 2.17. The number of benzene rings is 1. The van der Waals surface area contributed by atoms with Crippen molar-refractivity contribution >= 4 is 16.5 Å². The molecule has 0 spiro atoms. The van der Waals surface area contributed by atoms with E-state index < -0.39 is 0 Å². The minimum Gasteiger partial charge on any atom is -0.454 e. The second kappa shape index (κ2) is 5.54. The van der Waals surface area contributed by atoms with E-state index >= 15 is 0 Å². The largest absolute Gasteiger partial charge is 0.454 e. The van der Waals surface area contributed by atoms with Gasteiger partial charge in [-0.05, 0) is 31.0 Å². The number of rotatable bonds is 4. The van der Waals surface area contributed by atoms with E-state index in [0.29, 0.717) is 12.9 Å². The topological polar surface area (TPSA) is 52.6 Å². The van der Waals surface area contributed by atoms with Crippen LogP contribution in [-0.2, 0) is 4.74 Å². The Balaban J connectivity index is 1.46. The van der Waals surface area contributed by atoms with Crippen LogP contribution in [0.15, 0.2) is 23.6 Å². The van der Waals surface area contributed by atoms with Crippen molar-refractivity contribution in [2.75, 3.05) is 25.3 Å². The molecule has 6 heteroatoms. The van der Waals surface area contributed by atoms with Crippen molar-refractivity contribution in [2.24, 2.45) is 0 Å². The lowest BCUT2D eigenvalue weighted by Gasteiger charge is -2.09. The van der Waals surface area contributed by atoms with Gasteiger partial charge in [-0.15, -0.1) is 11.3 Å². The zero-order valence-electron chi connectivity index (χ0n) is 11.5. The first kappa shape index (κ1) is 12.9. The van der Waals surface area contributed by atoms with Crippen LogP contribution >= 0.6 is 11.3 Å². The molecule has 0 saturated carbocycles. The average Bonchev–Trinajstić information content (AvgIpc) is 3.25. The highest BCUT2D eigenvalue weighted by Crippen LogP contribution is 2.36. The van der Waals surface area contributed by atoms with Gasteiger partial charge < -0.3 is 19.5 Å². The molecule has 0 radical (unpaired) electrons. The third-order valence-electron chi connectivity index (χ3n) is 3.68. The maximum Gasteiger partial charge on any atom is 0.231 e. The first-order chi connectivity index (χ1) is 10.4. The van der Waals surface area contributed by atoms with Crippen LogP contribution in [0.25, 0.3) is 11.3 Å². The molecule has 2 aliphatic rings. The molecule has 3 heterocycles. The van der Waals surface area contributed by atoms with Crippen LogP contribution in [0.5, 0.6) is 11.5 Å². The summed E-state index contributed by atoms with van der Waals surface area (Å²) in [5.41, 5.74) is 1.99. The number of aromatic nitrogens is 1. The Kier molecular flexibility index (Phi) is 3.40. The van der Waals surface area contributed by atoms with E-state index in [2.05, 4.69) is 15.7 Å². The van der Waals surface area contributed by atoms with E-state index in [-0.39, 0.29) is 0 Å². The van der Waals surface area contributed by atoms with Crippen LogP contribution < -0.4 is 14.8 Å².